The average Bonchev–Trinajstić information content (AvgIpc) is 3.34. The first-order chi connectivity index (χ1) is 31.9. The molecule has 0 spiro atoms. The first kappa shape index (κ1) is 47.7. The number of unbranched alkanes of at least 4 members (excludes halogenated alkanes) is 10. The number of rotatable bonds is 26. The third-order valence-corrected chi connectivity index (χ3v) is 10.9. The molecule has 6 rings (SSSR count). The smallest absolute Gasteiger partial charge is 0.343 e. The molecule has 0 fully saturated rings. The molecule has 0 unspecified atom stereocenters. The standard InChI is InChI=1S/C57H62N2O6/c1-3-5-7-9-11-13-39-62-52-31-19-46(20-32-52)42-58-50-27-23-48(24-28-50)56(60)64-54-35-15-44(16-36-54)41-45-17-37-55(38-18-45)65-57(61)49-25-29-51(30-26-49)59-43-47-21-33-53(34-22-47)63-40-14-12-10-8-6-4-2/h15-38,42-43H,3-14,39-41H2,1-2H3. The highest BCUT2D eigenvalue weighted by Crippen LogP contribution is 2.22. The number of carbonyl (C=O) groups excluding carboxylic acids is 2. The molecule has 0 atom stereocenters. The van der Waals surface area contributed by atoms with Gasteiger partial charge in [0, 0.05) is 12.4 Å². The summed E-state index contributed by atoms with van der Waals surface area (Å²) in [5, 5.41) is 0. The zero-order valence-corrected chi connectivity index (χ0v) is 38.0. The van der Waals surface area contributed by atoms with E-state index in [1.54, 1.807) is 85.2 Å². The van der Waals surface area contributed by atoms with Crippen LogP contribution in [0.5, 0.6) is 23.0 Å². The Morgan fingerprint density at radius 3 is 1.11 bits per heavy atom. The molecule has 6 aromatic rings. The monoisotopic (exact) mass is 870 g/mol. The molecule has 0 radical (unpaired) electrons. The second kappa shape index (κ2) is 26.7. The highest BCUT2D eigenvalue weighted by molar-refractivity contribution is 5.92. The highest BCUT2D eigenvalue weighted by Gasteiger charge is 2.11. The Kier molecular flexibility index (Phi) is 19.6. The van der Waals surface area contributed by atoms with Crippen LogP contribution in [0.15, 0.2) is 156 Å². The number of aliphatic imine (C=N–C) groups is 2. The maximum Gasteiger partial charge on any atom is 0.343 e. The Hall–Kier alpha value is -6.80. The van der Waals surface area contributed by atoms with Gasteiger partial charge in [-0.2, -0.15) is 0 Å². The van der Waals surface area contributed by atoms with Gasteiger partial charge in [-0.1, -0.05) is 102 Å². The van der Waals surface area contributed by atoms with Crippen LogP contribution >= 0.6 is 0 Å². The fourth-order valence-corrected chi connectivity index (χ4v) is 7.03. The summed E-state index contributed by atoms with van der Waals surface area (Å²) < 4.78 is 23.1. The number of hydrogen-bond acceptors (Lipinski definition) is 8. The normalized spacial score (nSPS) is 11.2. The van der Waals surface area contributed by atoms with Gasteiger partial charge in [-0.15, -0.1) is 0 Å². The molecule has 0 N–H and O–H groups in total. The molecule has 0 aliphatic heterocycles. The quantitative estimate of drug-likeness (QED) is 0.0233. The highest BCUT2D eigenvalue weighted by atomic mass is 16.5. The summed E-state index contributed by atoms with van der Waals surface area (Å²) in [6.07, 6.45) is 19.1. The summed E-state index contributed by atoms with van der Waals surface area (Å²) in [4.78, 5) is 34.9. The van der Waals surface area contributed by atoms with Gasteiger partial charge in [0.2, 0.25) is 0 Å². The van der Waals surface area contributed by atoms with Crippen molar-refractivity contribution in [3.8, 4) is 23.0 Å². The second-order valence-electron chi connectivity index (χ2n) is 16.2. The molecule has 0 saturated heterocycles. The SMILES string of the molecule is CCCCCCCCOc1ccc(C=Nc2ccc(C(=O)Oc3ccc(Cc4ccc(OC(=O)c5ccc(N=Cc6ccc(OCCCCCCCC)cc6)cc5)cc4)cc3)cc2)cc1. The summed E-state index contributed by atoms with van der Waals surface area (Å²) in [6, 6.07) is 44.7. The van der Waals surface area contributed by atoms with Crippen LogP contribution in [0.2, 0.25) is 0 Å². The minimum atomic E-state index is -0.444. The van der Waals surface area contributed by atoms with Crippen LogP contribution in [0.3, 0.4) is 0 Å². The van der Waals surface area contributed by atoms with Gasteiger partial charge in [0.05, 0.1) is 35.7 Å². The van der Waals surface area contributed by atoms with Gasteiger partial charge in [0.15, 0.2) is 0 Å². The first-order valence-corrected chi connectivity index (χ1v) is 23.3. The molecular weight excluding hydrogens is 809 g/mol. The van der Waals surface area contributed by atoms with E-state index in [0.717, 1.165) is 71.2 Å². The molecule has 8 heteroatoms. The molecule has 0 aliphatic carbocycles. The molecule has 8 nitrogen and oxygen atoms in total. The fourth-order valence-electron chi connectivity index (χ4n) is 7.03. The van der Waals surface area contributed by atoms with Crippen molar-refractivity contribution in [1.29, 1.82) is 0 Å². The summed E-state index contributed by atoms with van der Waals surface area (Å²) in [5.74, 6) is 1.75. The molecule has 65 heavy (non-hydrogen) atoms. The van der Waals surface area contributed by atoms with Crippen molar-refractivity contribution < 1.29 is 28.5 Å². The van der Waals surface area contributed by atoms with Crippen molar-refractivity contribution in [1.82, 2.24) is 0 Å². The lowest BCUT2D eigenvalue weighted by molar-refractivity contribution is 0.0725. The minimum Gasteiger partial charge on any atom is -0.494 e. The van der Waals surface area contributed by atoms with E-state index in [1.165, 1.54) is 64.2 Å². The Morgan fingerprint density at radius 2 is 0.738 bits per heavy atom. The zero-order valence-electron chi connectivity index (χ0n) is 38.0. The van der Waals surface area contributed by atoms with Gasteiger partial charge in [-0.25, -0.2) is 9.59 Å². The molecule has 0 bridgehead atoms. The van der Waals surface area contributed by atoms with Gasteiger partial charge >= 0.3 is 11.9 Å². The lowest BCUT2D eigenvalue weighted by Gasteiger charge is -2.08. The van der Waals surface area contributed by atoms with E-state index in [2.05, 4.69) is 23.8 Å². The van der Waals surface area contributed by atoms with Gasteiger partial charge in [0.25, 0.3) is 0 Å². The van der Waals surface area contributed by atoms with Crippen LogP contribution in [0.1, 0.15) is 134 Å². The maximum absolute atomic E-state index is 12.9. The summed E-state index contributed by atoms with van der Waals surface area (Å²) in [6.45, 7) is 5.94. The van der Waals surface area contributed by atoms with Crippen LogP contribution in [0.4, 0.5) is 11.4 Å². The summed E-state index contributed by atoms with van der Waals surface area (Å²) in [5.41, 5.74) is 6.34. The van der Waals surface area contributed by atoms with E-state index in [4.69, 9.17) is 18.9 Å². The van der Waals surface area contributed by atoms with Gasteiger partial charge in [0.1, 0.15) is 23.0 Å². The second-order valence-corrected chi connectivity index (χ2v) is 16.2. The van der Waals surface area contributed by atoms with Crippen LogP contribution in [0.25, 0.3) is 0 Å². The lowest BCUT2D eigenvalue weighted by Crippen LogP contribution is -2.08. The molecule has 0 aliphatic rings. The van der Waals surface area contributed by atoms with Gasteiger partial charge < -0.3 is 18.9 Å². The first-order valence-electron chi connectivity index (χ1n) is 23.3. The molecule has 6 aromatic carbocycles. The third kappa shape index (κ3) is 17.0. The predicted molar refractivity (Wildman–Crippen MR) is 264 cm³/mol. The number of hydrogen-bond donors (Lipinski definition) is 0. The van der Waals surface area contributed by atoms with Crippen molar-refractivity contribution in [2.45, 2.75) is 97.3 Å². The van der Waals surface area contributed by atoms with E-state index in [1.807, 2.05) is 72.8 Å². The fraction of sp³-hybridized carbons (Fsp3) is 0.298. The van der Waals surface area contributed by atoms with Crippen molar-refractivity contribution in [3.63, 3.8) is 0 Å². The summed E-state index contributed by atoms with van der Waals surface area (Å²) >= 11 is 0. The van der Waals surface area contributed by atoms with Gasteiger partial charge in [-0.05, 0) is 163 Å². The Balaban J connectivity index is 0.886. The van der Waals surface area contributed by atoms with Crippen molar-refractivity contribution in [2.75, 3.05) is 13.2 Å². The largest absolute Gasteiger partial charge is 0.494 e. The van der Waals surface area contributed by atoms with E-state index in [0.29, 0.717) is 29.0 Å². The molecule has 0 saturated carbocycles. The zero-order chi connectivity index (χ0) is 45.3. The predicted octanol–water partition coefficient (Wildman–Crippen LogP) is 14.7. The number of esters is 2. The number of benzene rings is 6. The van der Waals surface area contributed by atoms with E-state index in [9.17, 15) is 9.59 Å². The van der Waals surface area contributed by atoms with Crippen LogP contribution in [0, 0.1) is 0 Å². The Labute approximate surface area is 385 Å². The van der Waals surface area contributed by atoms with Crippen molar-refractivity contribution in [3.05, 3.63) is 179 Å². The molecule has 0 aromatic heterocycles. The third-order valence-electron chi connectivity index (χ3n) is 10.9. The number of carbonyl (C=O) groups is 2. The minimum absolute atomic E-state index is 0.435. The van der Waals surface area contributed by atoms with Crippen LogP contribution < -0.4 is 18.9 Å². The van der Waals surface area contributed by atoms with Crippen molar-refractivity contribution >= 4 is 35.7 Å². The van der Waals surface area contributed by atoms with E-state index in [-0.39, 0.29) is 0 Å². The molecular formula is C57H62N2O6. The van der Waals surface area contributed by atoms with E-state index >= 15 is 0 Å². The summed E-state index contributed by atoms with van der Waals surface area (Å²) in [7, 11) is 0. The van der Waals surface area contributed by atoms with Crippen molar-refractivity contribution in [2.24, 2.45) is 9.98 Å². The Bertz CT molecular complexity index is 2200. The lowest BCUT2D eigenvalue weighted by atomic mass is 10.0. The molecule has 0 heterocycles. The molecule has 0 amide bonds. The Morgan fingerprint density at radius 1 is 0.400 bits per heavy atom. The molecule has 336 valence electrons. The van der Waals surface area contributed by atoms with Crippen LogP contribution in [-0.4, -0.2) is 37.6 Å². The van der Waals surface area contributed by atoms with Gasteiger partial charge in [-0.3, -0.25) is 9.98 Å². The van der Waals surface area contributed by atoms with Crippen LogP contribution in [-0.2, 0) is 6.42 Å². The number of nitrogens with zero attached hydrogens (tertiary/aromatic N) is 2. The maximum atomic E-state index is 12.9. The van der Waals surface area contributed by atoms with E-state index < -0.39 is 11.9 Å². The number of ether oxygens (including phenoxy) is 4. The topological polar surface area (TPSA) is 95.8 Å². The average molecular weight is 871 g/mol.